The molecule has 1 aliphatic rings. The molecule has 0 spiro atoms. The summed E-state index contributed by atoms with van der Waals surface area (Å²) in [6, 6.07) is 3.75. The van der Waals surface area contributed by atoms with Gasteiger partial charge in [0.2, 0.25) is 0 Å². The molecule has 1 aliphatic heterocycles. The first-order chi connectivity index (χ1) is 13.9. The fraction of sp³-hybridized carbons (Fsp3) is 0.278. The molecule has 1 aromatic carbocycles. The zero-order valence-electron chi connectivity index (χ0n) is 15.7. The lowest BCUT2D eigenvalue weighted by molar-refractivity contribution is -0.390. The molecule has 0 saturated carbocycles. The fourth-order valence-corrected chi connectivity index (χ4v) is 3.52. The number of hydrogen-bond donors (Lipinski definition) is 1. The number of aromatic nitrogens is 1. The van der Waals surface area contributed by atoms with Crippen molar-refractivity contribution in [3.63, 3.8) is 0 Å². The molecule has 8 nitrogen and oxygen atoms in total. The van der Waals surface area contributed by atoms with E-state index in [-0.39, 0.29) is 6.54 Å². The van der Waals surface area contributed by atoms with Crippen LogP contribution in [0.15, 0.2) is 41.6 Å². The number of imide groups is 1. The van der Waals surface area contributed by atoms with Gasteiger partial charge in [-0.1, -0.05) is 0 Å². The Balaban J connectivity index is 2.10. The zero-order chi connectivity index (χ0) is 22.4. The minimum atomic E-state index is -5.01. The van der Waals surface area contributed by atoms with Crippen molar-refractivity contribution in [3.8, 4) is 0 Å². The number of amides is 3. The van der Waals surface area contributed by atoms with Crippen molar-refractivity contribution in [2.75, 3.05) is 4.90 Å². The summed E-state index contributed by atoms with van der Waals surface area (Å²) in [7, 11) is 0. The van der Waals surface area contributed by atoms with Gasteiger partial charge in [0, 0.05) is 18.9 Å². The Kier molecular flexibility index (Phi) is 5.23. The Bertz CT molecular complexity index is 1040. The number of alkyl halides is 3. The predicted molar refractivity (Wildman–Crippen MR) is 102 cm³/mol. The number of pyridine rings is 1. The summed E-state index contributed by atoms with van der Waals surface area (Å²) in [6.07, 6.45) is -1.99. The smallest absolute Gasteiger partial charge is 0.305 e. The molecule has 158 valence electrons. The van der Waals surface area contributed by atoms with Crippen LogP contribution in [-0.2, 0) is 17.5 Å². The highest BCUT2D eigenvalue weighted by Crippen LogP contribution is 2.45. The summed E-state index contributed by atoms with van der Waals surface area (Å²) in [5.41, 5.74) is -3.91. The zero-order valence-corrected chi connectivity index (χ0v) is 16.6. The summed E-state index contributed by atoms with van der Waals surface area (Å²) >= 11 is 3.88. The maximum atomic E-state index is 13.2. The minimum Gasteiger partial charge on any atom is -0.305 e. The highest BCUT2D eigenvalue weighted by molar-refractivity contribution is 7.80. The summed E-state index contributed by atoms with van der Waals surface area (Å²) in [6.45, 7) is 2.98. The van der Waals surface area contributed by atoms with E-state index < -0.39 is 50.4 Å². The monoisotopic (exact) mass is 440 g/mol. The summed E-state index contributed by atoms with van der Waals surface area (Å²) in [5, 5.41) is 11.3. The van der Waals surface area contributed by atoms with E-state index in [2.05, 4.69) is 17.6 Å². The Hall–Kier alpha value is -3.15. The average molecular weight is 440 g/mol. The van der Waals surface area contributed by atoms with Gasteiger partial charge in [0.1, 0.15) is 16.0 Å². The van der Waals surface area contributed by atoms with Crippen LogP contribution >= 0.6 is 12.6 Å². The highest BCUT2D eigenvalue weighted by atomic mass is 32.1. The number of nitrogens with zero attached hydrogens (tertiary/aromatic N) is 4. The Morgan fingerprint density at radius 1 is 1.17 bits per heavy atom. The van der Waals surface area contributed by atoms with E-state index in [9.17, 15) is 32.9 Å². The Morgan fingerprint density at radius 2 is 1.77 bits per heavy atom. The molecule has 1 aromatic heterocycles. The largest absolute Gasteiger partial charge is 0.423 e. The number of rotatable bonds is 4. The Labute approximate surface area is 173 Å². The fourth-order valence-electron chi connectivity index (χ4n) is 3.15. The van der Waals surface area contributed by atoms with Gasteiger partial charge < -0.3 is 4.90 Å². The summed E-state index contributed by atoms with van der Waals surface area (Å²) < 4.78 is 39.5. The van der Waals surface area contributed by atoms with E-state index in [1.165, 1.54) is 31.1 Å². The van der Waals surface area contributed by atoms with Gasteiger partial charge in [0.05, 0.1) is 10.6 Å². The Morgan fingerprint density at radius 3 is 2.30 bits per heavy atom. The maximum Gasteiger partial charge on any atom is 0.423 e. The van der Waals surface area contributed by atoms with Crippen LogP contribution in [-0.4, -0.2) is 32.3 Å². The highest BCUT2D eigenvalue weighted by Gasteiger charge is 2.53. The second-order valence-corrected chi connectivity index (χ2v) is 7.46. The van der Waals surface area contributed by atoms with Crippen molar-refractivity contribution in [2.45, 2.75) is 37.0 Å². The van der Waals surface area contributed by atoms with Crippen molar-refractivity contribution >= 4 is 35.9 Å². The van der Waals surface area contributed by atoms with Gasteiger partial charge >= 0.3 is 12.2 Å². The third kappa shape index (κ3) is 3.47. The van der Waals surface area contributed by atoms with E-state index in [0.717, 1.165) is 6.07 Å². The van der Waals surface area contributed by atoms with Crippen molar-refractivity contribution < 1.29 is 27.7 Å². The number of thiol groups is 1. The van der Waals surface area contributed by atoms with E-state index >= 15 is 0 Å². The number of carbonyl (C=O) groups excluding carboxylic acids is 2. The van der Waals surface area contributed by atoms with Crippen LogP contribution in [0.3, 0.4) is 0 Å². The molecule has 2 heterocycles. The predicted octanol–water partition coefficient (Wildman–Crippen LogP) is 4.04. The third-order valence-corrected chi connectivity index (χ3v) is 5.21. The third-order valence-electron chi connectivity index (χ3n) is 4.77. The summed E-state index contributed by atoms with van der Waals surface area (Å²) in [5.74, 6) is -0.745. The number of carbonyl (C=O) groups is 2. The van der Waals surface area contributed by atoms with Crippen molar-refractivity contribution in [2.24, 2.45) is 0 Å². The van der Waals surface area contributed by atoms with Gasteiger partial charge in [-0.25, -0.2) is 9.69 Å². The molecule has 1 fully saturated rings. The first kappa shape index (κ1) is 21.6. The molecule has 1 saturated heterocycles. The number of nitro benzene ring substituents is 1. The lowest BCUT2D eigenvalue weighted by atomic mass is 10.0. The minimum absolute atomic E-state index is 0.0290. The number of halogens is 3. The first-order valence-electron chi connectivity index (χ1n) is 8.50. The van der Waals surface area contributed by atoms with Crippen LogP contribution in [0, 0.1) is 10.1 Å². The summed E-state index contributed by atoms with van der Waals surface area (Å²) in [4.78, 5) is 41.1. The lowest BCUT2D eigenvalue weighted by Gasteiger charge is -2.27. The van der Waals surface area contributed by atoms with Gasteiger partial charge in [-0.3, -0.25) is 19.9 Å². The maximum absolute atomic E-state index is 13.2. The molecular formula is C18H15F3N4O4S. The van der Waals surface area contributed by atoms with Gasteiger partial charge in [-0.15, -0.1) is 12.6 Å². The van der Waals surface area contributed by atoms with E-state index in [1.807, 2.05) is 0 Å². The molecule has 0 radical (unpaired) electrons. The van der Waals surface area contributed by atoms with Crippen LogP contribution < -0.4 is 4.90 Å². The van der Waals surface area contributed by atoms with Crippen LogP contribution in [0.25, 0.3) is 0 Å². The van der Waals surface area contributed by atoms with Crippen molar-refractivity contribution in [3.05, 3.63) is 57.9 Å². The van der Waals surface area contributed by atoms with Gasteiger partial charge in [-0.2, -0.15) is 13.2 Å². The van der Waals surface area contributed by atoms with Gasteiger partial charge in [-0.05, 0) is 43.7 Å². The van der Waals surface area contributed by atoms with Gasteiger partial charge in [0.25, 0.3) is 11.6 Å². The van der Waals surface area contributed by atoms with E-state index in [1.54, 1.807) is 12.1 Å². The molecule has 3 amide bonds. The molecular weight excluding hydrogens is 425 g/mol. The van der Waals surface area contributed by atoms with Crippen LogP contribution in [0.1, 0.15) is 25.0 Å². The molecule has 0 unspecified atom stereocenters. The SMILES string of the molecule is CC1(C)C(=O)N(c2ccc(C(F)(F)F)c([N+](=O)[O-])c2S)C(=O)N1Cc1ccncc1. The van der Waals surface area contributed by atoms with Crippen molar-refractivity contribution in [1.29, 1.82) is 0 Å². The molecule has 0 aliphatic carbocycles. The number of anilines is 1. The lowest BCUT2D eigenvalue weighted by Crippen LogP contribution is -2.43. The van der Waals surface area contributed by atoms with Crippen LogP contribution in [0.5, 0.6) is 0 Å². The van der Waals surface area contributed by atoms with Crippen LogP contribution in [0.4, 0.5) is 29.3 Å². The van der Waals surface area contributed by atoms with Crippen molar-refractivity contribution in [1.82, 2.24) is 9.88 Å². The average Bonchev–Trinajstić information content (AvgIpc) is 2.81. The number of nitro groups is 1. The standard InChI is InChI=1S/C18H15F3N4O4S/c1-17(2)15(26)24(16(27)23(17)9-10-5-7-22-8-6-10)12-4-3-11(18(19,20)21)13(14(12)30)25(28)29/h3-8,30H,9H2,1-2H3. The molecule has 3 rings (SSSR count). The molecule has 0 atom stereocenters. The molecule has 0 N–H and O–H groups in total. The quantitative estimate of drug-likeness (QED) is 0.335. The molecule has 12 heteroatoms. The topological polar surface area (TPSA) is 96.7 Å². The van der Waals surface area contributed by atoms with Gasteiger partial charge in [0.15, 0.2) is 0 Å². The number of benzene rings is 1. The molecule has 30 heavy (non-hydrogen) atoms. The number of hydrogen-bond acceptors (Lipinski definition) is 6. The van der Waals surface area contributed by atoms with E-state index in [0.29, 0.717) is 16.5 Å². The second-order valence-electron chi connectivity index (χ2n) is 7.01. The number of urea groups is 1. The van der Waals surface area contributed by atoms with Crippen LogP contribution in [0.2, 0.25) is 0 Å². The second kappa shape index (κ2) is 7.27. The molecule has 0 bridgehead atoms. The normalized spacial score (nSPS) is 16.3. The van der Waals surface area contributed by atoms with E-state index in [4.69, 9.17) is 0 Å². The first-order valence-corrected chi connectivity index (χ1v) is 8.94. The molecule has 2 aromatic rings.